The number of rotatable bonds is 12. The van der Waals surface area contributed by atoms with Gasteiger partial charge in [0.05, 0.1) is 19.8 Å². The van der Waals surface area contributed by atoms with E-state index in [1.807, 2.05) is 6.08 Å². The van der Waals surface area contributed by atoms with Gasteiger partial charge in [-0.2, -0.15) is 0 Å². The number of aliphatic hydroxyl groups is 3. The second kappa shape index (κ2) is 11.1. The molecule has 0 aromatic heterocycles. The van der Waals surface area contributed by atoms with Gasteiger partial charge in [-0.1, -0.05) is 33.8 Å². The highest BCUT2D eigenvalue weighted by atomic mass is 16.6. The summed E-state index contributed by atoms with van der Waals surface area (Å²) >= 11 is 0. The molecule has 0 amide bonds. The average molecular weight is 415 g/mol. The van der Waals surface area contributed by atoms with Crippen molar-refractivity contribution in [2.45, 2.75) is 65.9 Å². The molecule has 1 rings (SSSR count). The molecule has 7 nitrogen and oxygen atoms in total. The van der Waals surface area contributed by atoms with Crippen LogP contribution in [0.25, 0.3) is 0 Å². The minimum absolute atomic E-state index is 0.153. The molecule has 1 fully saturated rings. The Balaban J connectivity index is 2.81. The maximum Gasteiger partial charge on any atom is 0.334 e. The third-order valence-corrected chi connectivity index (χ3v) is 5.34. The normalized spacial score (nSPS) is 21.5. The highest BCUT2D eigenvalue weighted by Gasteiger charge is 2.45. The van der Waals surface area contributed by atoms with Gasteiger partial charge in [0.25, 0.3) is 0 Å². The fourth-order valence-electron chi connectivity index (χ4n) is 3.57. The number of hydrogen-bond acceptors (Lipinski definition) is 7. The average Bonchev–Trinajstić information content (AvgIpc) is 2.99. The van der Waals surface area contributed by atoms with Gasteiger partial charge in [0.2, 0.25) is 0 Å². The van der Waals surface area contributed by atoms with Crippen molar-refractivity contribution < 1.29 is 34.4 Å². The first kappa shape index (κ1) is 25.6. The molecular formula is C22H38O7. The van der Waals surface area contributed by atoms with Crippen LogP contribution in [0.4, 0.5) is 0 Å². The van der Waals surface area contributed by atoms with Crippen molar-refractivity contribution in [3.05, 3.63) is 11.6 Å². The highest BCUT2D eigenvalue weighted by molar-refractivity contribution is 5.91. The number of esters is 2. The first-order valence-electron chi connectivity index (χ1n) is 10.4. The zero-order valence-electron chi connectivity index (χ0n) is 18.4. The molecular weight excluding hydrogens is 376 g/mol. The lowest BCUT2D eigenvalue weighted by molar-refractivity contribution is -0.175. The van der Waals surface area contributed by atoms with Crippen molar-refractivity contribution in [3.63, 3.8) is 0 Å². The Morgan fingerprint density at radius 2 is 1.72 bits per heavy atom. The van der Waals surface area contributed by atoms with E-state index in [1.165, 1.54) is 6.92 Å². The van der Waals surface area contributed by atoms with Gasteiger partial charge in [-0.25, -0.2) is 4.79 Å². The van der Waals surface area contributed by atoms with Crippen LogP contribution in [0, 0.1) is 23.2 Å². The standard InChI is InChI=1S/C22H38O7/c1-15(2)8-17(9-16(3)4)6-7-18-10-22(13-25,29-19(18)26)14-28-20(27)21(5,11-23)12-24/h7,15-17,23-25H,6,8-14H2,1-5H3/b18-7+. The fraction of sp³-hybridized carbons (Fsp3) is 0.818. The summed E-state index contributed by atoms with van der Waals surface area (Å²) in [6.45, 7) is 8.13. The number of hydrogen-bond donors (Lipinski definition) is 3. The molecule has 0 aliphatic carbocycles. The van der Waals surface area contributed by atoms with E-state index >= 15 is 0 Å². The Hall–Kier alpha value is -1.44. The fourth-order valence-corrected chi connectivity index (χ4v) is 3.57. The summed E-state index contributed by atoms with van der Waals surface area (Å²) < 4.78 is 10.5. The SMILES string of the molecule is CC(C)CC(C/C=C1\CC(CO)(COC(=O)C(C)(CO)CO)OC1=O)CC(C)C. The lowest BCUT2D eigenvalue weighted by atomic mass is 9.86. The quantitative estimate of drug-likeness (QED) is 0.331. The minimum atomic E-state index is -1.45. The minimum Gasteiger partial charge on any atom is -0.461 e. The Morgan fingerprint density at radius 1 is 1.17 bits per heavy atom. The van der Waals surface area contributed by atoms with Crippen LogP contribution in [-0.2, 0) is 19.1 Å². The van der Waals surface area contributed by atoms with E-state index in [9.17, 15) is 24.9 Å². The zero-order chi connectivity index (χ0) is 22.2. The number of allylic oxidation sites excluding steroid dienone is 1. The summed E-state index contributed by atoms with van der Waals surface area (Å²) in [6, 6.07) is 0. The summed E-state index contributed by atoms with van der Waals surface area (Å²) in [6.07, 6.45) is 4.94. The molecule has 0 radical (unpaired) electrons. The molecule has 168 valence electrons. The maximum absolute atomic E-state index is 12.3. The van der Waals surface area contributed by atoms with E-state index in [-0.39, 0.29) is 13.0 Å². The summed E-state index contributed by atoms with van der Waals surface area (Å²) in [5.74, 6) is 0.284. The lowest BCUT2D eigenvalue weighted by Gasteiger charge is -2.28. The number of cyclic esters (lactones) is 1. The van der Waals surface area contributed by atoms with E-state index in [0.29, 0.717) is 23.3 Å². The summed E-state index contributed by atoms with van der Waals surface area (Å²) in [4.78, 5) is 24.5. The third-order valence-electron chi connectivity index (χ3n) is 5.34. The molecule has 0 bridgehead atoms. The Labute approximate surface area is 174 Å². The molecule has 1 atom stereocenters. The van der Waals surface area contributed by atoms with Crippen molar-refractivity contribution in [2.75, 3.05) is 26.4 Å². The predicted molar refractivity (Wildman–Crippen MR) is 109 cm³/mol. The van der Waals surface area contributed by atoms with Crippen LogP contribution in [0.3, 0.4) is 0 Å². The van der Waals surface area contributed by atoms with Crippen LogP contribution in [0.2, 0.25) is 0 Å². The van der Waals surface area contributed by atoms with Gasteiger partial charge in [0, 0.05) is 12.0 Å². The predicted octanol–water partition coefficient (Wildman–Crippen LogP) is 2.22. The van der Waals surface area contributed by atoms with Crippen molar-refractivity contribution in [3.8, 4) is 0 Å². The summed E-state index contributed by atoms with van der Waals surface area (Å²) in [5.41, 5.74) is -2.28. The van der Waals surface area contributed by atoms with E-state index < -0.39 is 42.8 Å². The number of carbonyl (C=O) groups excluding carboxylic acids is 2. The number of ether oxygens (including phenoxy) is 2. The zero-order valence-corrected chi connectivity index (χ0v) is 18.4. The van der Waals surface area contributed by atoms with Gasteiger partial charge in [-0.15, -0.1) is 0 Å². The largest absolute Gasteiger partial charge is 0.461 e. The number of aliphatic hydroxyl groups excluding tert-OH is 3. The van der Waals surface area contributed by atoms with Gasteiger partial charge in [0.15, 0.2) is 5.60 Å². The smallest absolute Gasteiger partial charge is 0.334 e. The highest BCUT2D eigenvalue weighted by Crippen LogP contribution is 2.33. The van der Waals surface area contributed by atoms with Gasteiger partial charge >= 0.3 is 11.9 Å². The van der Waals surface area contributed by atoms with Crippen molar-refractivity contribution in [1.82, 2.24) is 0 Å². The van der Waals surface area contributed by atoms with Crippen LogP contribution in [0.15, 0.2) is 11.6 Å². The molecule has 0 aromatic rings. The molecule has 1 heterocycles. The lowest BCUT2D eigenvalue weighted by Crippen LogP contribution is -2.43. The van der Waals surface area contributed by atoms with Crippen molar-refractivity contribution in [2.24, 2.45) is 23.2 Å². The first-order chi connectivity index (χ1) is 13.5. The van der Waals surface area contributed by atoms with Crippen LogP contribution in [-0.4, -0.2) is 59.3 Å². The summed E-state index contributed by atoms with van der Waals surface area (Å²) in [5, 5.41) is 28.4. The van der Waals surface area contributed by atoms with Crippen LogP contribution >= 0.6 is 0 Å². The Morgan fingerprint density at radius 3 is 2.17 bits per heavy atom. The van der Waals surface area contributed by atoms with Gasteiger partial charge in [-0.3, -0.25) is 4.79 Å². The van der Waals surface area contributed by atoms with Crippen LogP contribution in [0.1, 0.15) is 60.3 Å². The van der Waals surface area contributed by atoms with E-state index in [4.69, 9.17) is 9.47 Å². The van der Waals surface area contributed by atoms with Crippen molar-refractivity contribution in [1.29, 1.82) is 0 Å². The van der Waals surface area contributed by atoms with Gasteiger partial charge in [-0.05, 0) is 43.9 Å². The van der Waals surface area contributed by atoms with Crippen LogP contribution < -0.4 is 0 Å². The third kappa shape index (κ3) is 7.39. The molecule has 3 N–H and O–H groups in total. The molecule has 0 aromatic carbocycles. The second-order valence-corrected chi connectivity index (χ2v) is 9.45. The molecule has 1 aliphatic rings. The monoisotopic (exact) mass is 414 g/mol. The molecule has 1 saturated heterocycles. The first-order valence-corrected chi connectivity index (χ1v) is 10.4. The van der Waals surface area contributed by atoms with Gasteiger partial charge < -0.3 is 24.8 Å². The molecule has 1 aliphatic heterocycles. The molecule has 29 heavy (non-hydrogen) atoms. The van der Waals surface area contributed by atoms with Crippen LogP contribution in [0.5, 0.6) is 0 Å². The topological polar surface area (TPSA) is 113 Å². The maximum atomic E-state index is 12.3. The van der Waals surface area contributed by atoms with Crippen molar-refractivity contribution >= 4 is 11.9 Å². The van der Waals surface area contributed by atoms with E-state index in [1.54, 1.807) is 0 Å². The Kier molecular flexibility index (Phi) is 9.79. The van der Waals surface area contributed by atoms with E-state index in [2.05, 4.69) is 27.7 Å². The molecule has 7 heteroatoms. The van der Waals surface area contributed by atoms with Gasteiger partial charge in [0.1, 0.15) is 12.0 Å². The molecule has 0 saturated carbocycles. The van der Waals surface area contributed by atoms with E-state index in [0.717, 1.165) is 19.3 Å². The number of carbonyl (C=O) groups is 2. The molecule has 0 spiro atoms. The second-order valence-electron chi connectivity index (χ2n) is 9.45. The summed E-state index contributed by atoms with van der Waals surface area (Å²) in [7, 11) is 0. The Bertz CT molecular complexity index is 568. The molecule has 1 unspecified atom stereocenters.